The number of fused-ring (bicyclic) bond motifs is 1. The van der Waals surface area contributed by atoms with Gasteiger partial charge in [-0.1, -0.05) is 41.5 Å². The summed E-state index contributed by atoms with van der Waals surface area (Å²) in [4.78, 5) is 11.0. The molecule has 4 atom stereocenters. The molecule has 1 amide bonds. The number of carbonyl (C=O) groups excluding carboxylic acids is 1. The third kappa shape index (κ3) is 4.12. The molecular formula is C20H39NO4Si2. The Kier molecular flexibility index (Phi) is 5.74. The minimum Gasteiger partial charge on any atom is -0.411 e. The first-order valence-corrected chi connectivity index (χ1v) is 15.8. The molecule has 0 aromatic heterocycles. The predicted molar refractivity (Wildman–Crippen MR) is 115 cm³/mol. The van der Waals surface area contributed by atoms with E-state index in [1.54, 1.807) is 0 Å². The zero-order valence-corrected chi connectivity index (χ0v) is 21.0. The maximum Gasteiger partial charge on any atom is 0.211 e. The van der Waals surface area contributed by atoms with Crippen molar-refractivity contribution < 1.29 is 18.4 Å². The van der Waals surface area contributed by atoms with E-state index < -0.39 is 22.2 Å². The second kappa shape index (κ2) is 6.80. The van der Waals surface area contributed by atoms with Crippen molar-refractivity contribution in [3.63, 3.8) is 0 Å². The lowest BCUT2D eigenvalue weighted by Gasteiger charge is -2.48. The summed E-state index contributed by atoms with van der Waals surface area (Å²) in [6, 6.07) is 0. The highest BCUT2D eigenvalue weighted by atomic mass is 28.4. The number of nitrogens with one attached hydrogen (secondary N) is 1. The van der Waals surface area contributed by atoms with Crippen LogP contribution in [0, 0.1) is 0 Å². The number of amides is 1. The highest BCUT2D eigenvalue weighted by molar-refractivity contribution is 6.74. The summed E-state index contributed by atoms with van der Waals surface area (Å²) in [6.45, 7) is 24.6. The minimum atomic E-state index is -2.10. The molecule has 0 radical (unpaired) electrons. The Morgan fingerprint density at radius 1 is 1.11 bits per heavy atom. The molecule has 0 unspecified atom stereocenters. The third-order valence-electron chi connectivity index (χ3n) is 7.00. The van der Waals surface area contributed by atoms with Gasteiger partial charge in [0.1, 0.15) is 17.8 Å². The number of rotatable bonds is 7. The Hall–Kier alpha value is -0.476. The zero-order chi connectivity index (χ0) is 21.1. The van der Waals surface area contributed by atoms with E-state index in [4.69, 9.17) is 13.6 Å². The van der Waals surface area contributed by atoms with Crippen LogP contribution < -0.4 is 5.32 Å². The van der Waals surface area contributed by atoms with Gasteiger partial charge in [-0.2, -0.15) is 0 Å². The van der Waals surface area contributed by atoms with Crippen LogP contribution in [-0.2, 0) is 18.4 Å². The van der Waals surface area contributed by atoms with Crippen molar-refractivity contribution >= 4 is 23.0 Å². The Morgan fingerprint density at radius 3 is 2.07 bits per heavy atom. The van der Waals surface area contributed by atoms with Crippen molar-refractivity contribution in [2.75, 3.05) is 0 Å². The fourth-order valence-electron chi connectivity index (χ4n) is 3.12. The van der Waals surface area contributed by atoms with Gasteiger partial charge in [-0.25, -0.2) is 0 Å². The zero-order valence-electron chi connectivity index (χ0n) is 19.0. The van der Waals surface area contributed by atoms with Gasteiger partial charge in [-0.15, -0.1) is 0 Å². The molecule has 7 heteroatoms. The topological polar surface area (TPSA) is 60.1 Å². The standard InChI is InChI=1S/C20H39NO4Si2/c1-14(24-26(8,9)18(2,3)4)20(25-27(10,11)19(5,6)7)12-15(21-13-22)16-17(20)23-16/h12-14,16-17H,1-11H3,(H,21,22)/t14-,16+,17+,20+/m0/s1. The van der Waals surface area contributed by atoms with Gasteiger partial charge in [0.05, 0.1) is 6.10 Å². The fourth-order valence-corrected chi connectivity index (χ4v) is 6.07. The molecule has 1 heterocycles. The van der Waals surface area contributed by atoms with Crippen LogP contribution in [0.5, 0.6) is 0 Å². The lowest BCUT2D eigenvalue weighted by Crippen LogP contribution is -2.59. The lowest BCUT2D eigenvalue weighted by molar-refractivity contribution is -0.109. The lowest BCUT2D eigenvalue weighted by atomic mass is 9.97. The summed E-state index contributed by atoms with van der Waals surface area (Å²) < 4.78 is 19.7. The second-order valence-electron chi connectivity index (χ2n) is 11.1. The normalized spacial score (nSPS) is 29.8. The van der Waals surface area contributed by atoms with E-state index in [-0.39, 0.29) is 28.4 Å². The average Bonchev–Trinajstić information content (AvgIpc) is 3.18. The maximum absolute atomic E-state index is 11.0. The first-order valence-electron chi connectivity index (χ1n) is 9.95. The van der Waals surface area contributed by atoms with E-state index in [0.717, 1.165) is 5.70 Å². The van der Waals surface area contributed by atoms with E-state index in [9.17, 15) is 4.79 Å². The summed E-state index contributed by atoms with van der Waals surface area (Å²) in [5.41, 5.74) is 0.147. The van der Waals surface area contributed by atoms with Gasteiger partial charge in [0.15, 0.2) is 16.6 Å². The van der Waals surface area contributed by atoms with Crippen LogP contribution in [0.4, 0.5) is 0 Å². The summed E-state index contributed by atoms with van der Waals surface area (Å²) >= 11 is 0. The van der Waals surface area contributed by atoms with Gasteiger partial charge in [0.25, 0.3) is 0 Å². The van der Waals surface area contributed by atoms with Gasteiger partial charge in [-0.05, 0) is 49.3 Å². The molecule has 1 fully saturated rings. The Bertz CT molecular complexity index is 618. The second-order valence-corrected chi connectivity index (χ2v) is 20.6. The van der Waals surface area contributed by atoms with Crippen LogP contribution >= 0.6 is 0 Å². The fraction of sp³-hybridized carbons (Fsp3) is 0.850. The monoisotopic (exact) mass is 413 g/mol. The molecule has 1 saturated heterocycles. The van der Waals surface area contributed by atoms with Crippen molar-refractivity contribution in [1.82, 2.24) is 5.32 Å². The van der Waals surface area contributed by atoms with Gasteiger partial charge in [-0.3, -0.25) is 4.79 Å². The Morgan fingerprint density at radius 2 is 1.63 bits per heavy atom. The molecule has 0 bridgehead atoms. The number of hydrogen-bond acceptors (Lipinski definition) is 4. The van der Waals surface area contributed by atoms with Crippen LogP contribution in [0.3, 0.4) is 0 Å². The van der Waals surface area contributed by atoms with Gasteiger partial charge < -0.3 is 18.9 Å². The summed E-state index contributed by atoms with van der Waals surface area (Å²) in [6.07, 6.45) is 2.44. The number of ether oxygens (including phenoxy) is 1. The Balaban J connectivity index is 2.42. The third-order valence-corrected chi connectivity index (χ3v) is 16.0. The van der Waals surface area contributed by atoms with Crippen LogP contribution in [0.1, 0.15) is 48.5 Å². The first kappa shape index (κ1) is 22.8. The molecule has 2 rings (SSSR count). The SMILES string of the molecule is C[C@H](O[Si](C)(C)C(C)(C)C)[C@]1(O[Si](C)(C)C(C)(C)C)C=C(NC=O)[C@H]2O[C@H]21. The number of hydrogen-bond donors (Lipinski definition) is 1. The highest BCUT2D eigenvalue weighted by Crippen LogP contribution is 2.53. The van der Waals surface area contributed by atoms with Gasteiger partial charge in [0, 0.05) is 5.70 Å². The quantitative estimate of drug-likeness (QED) is 0.377. The van der Waals surface area contributed by atoms with E-state index in [0.29, 0.717) is 6.41 Å². The molecule has 5 nitrogen and oxygen atoms in total. The molecule has 1 N–H and O–H groups in total. The molecule has 0 saturated carbocycles. The molecule has 0 aromatic carbocycles. The molecule has 0 aromatic rings. The molecule has 27 heavy (non-hydrogen) atoms. The number of epoxide rings is 1. The van der Waals surface area contributed by atoms with Crippen molar-refractivity contribution in [2.24, 2.45) is 0 Å². The molecule has 2 aliphatic rings. The average molecular weight is 414 g/mol. The van der Waals surface area contributed by atoms with E-state index in [2.05, 4.69) is 86.0 Å². The van der Waals surface area contributed by atoms with Crippen LogP contribution in [0.15, 0.2) is 11.8 Å². The summed E-state index contributed by atoms with van der Waals surface area (Å²) in [7, 11) is -4.09. The minimum absolute atomic E-state index is 0.0652. The summed E-state index contributed by atoms with van der Waals surface area (Å²) in [5, 5.41) is 2.98. The van der Waals surface area contributed by atoms with Crippen molar-refractivity contribution in [3.8, 4) is 0 Å². The molecule has 156 valence electrons. The Labute approximate surface area is 167 Å². The van der Waals surface area contributed by atoms with Gasteiger partial charge in [0.2, 0.25) is 6.41 Å². The predicted octanol–water partition coefficient (Wildman–Crippen LogP) is 4.57. The van der Waals surface area contributed by atoms with Crippen molar-refractivity contribution in [3.05, 3.63) is 11.8 Å². The maximum atomic E-state index is 11.0. The van der Waals surface area contributed by atoms with Crippen LogP contribution in [-0.4, -0.2) is 47.0 Å². The van der Waals surface area contributed by atoms with Crippen LogP contribution in [0.2, 0.25) is 36.3 Å². The highest BCUT2D eigenvalue weighted by Gasteiger charge is 2.66. The first-order chi connectivity index (χ1) is 12.0. The molecular weight excluding hydrogens is 374 g/mol. The number of carbonyl (C=O) groups is 1. The van der Waals surface area contributed by atoms with Gasteiger partial charge >= 0.3 is 0 Å². The largest absolute Gasteiger partial charge is 0.411 e. The summed E-state index contributed by atoms with van der Waals surface area (Å²) in [5.74, 6) is 0. The molecule has 1 aliphatic carbocycles. The van der Waals surface area contributed by atoms with Crippen molar-refractivity contribution in [2.45, 2.75) is 109 Å². The van der Waals surface area contributed by atoms with E-state index in [1.165, 1.54) is 0 Å². The molecule has 0 spiro atoms. The van der Waals surface area contributed by atoms with E-state index in [1.807, 2.05) is 0 Å². The van der Waals surface area contributed by atoms with E-state index >= 15 is 0 Å². The molecule has 1 aliphatic heterocycles. The van der Waals surface area contributed by atoms with Crippen LogP contribution in [0.25, 0.3) is 0 Å². The van der Waals surface area contributed by atoms with Crippen molar-refractivity contribution in [1.29, 1.82) is 0 Å². The smallest absolute Gasteiger partial charge is 0.211 e.